The van der Waals surface area contributed by atoms with E-state index in [1.54, 1.807) is 23.5 Å². The molecular formula is C20H19ClFNO4S2. The van der Waals surface area contributed by atoms with Gasteiger partial charge in [-0.2, -0.15) is 0 Å². The van der Waals surface area contributed by atoms with Crippen molar-refractivity contribution in [3.63, 3.8) is 0 Å². The zero-order valence-corrected chi connectivity index (χ0v) is 18.4. The Morgan fingerprint density at radius 2 is 1.93 bits per heavy atom. The number of fused-ring (bicyclic) bond motifs is 1. The second-order valence-corrected chi connectivity index (χ2v) is 9.95. The van der Waals surface area contributed by atoms with E-state index in [9.17, 15) is 17.6 Å². The summed E-state index contributed by atoms with van der Waals surface area (Å²) in [5.74, 6) is -0.955. The summed E-state index contributed by atoms with van der Waals surface area (Å²) in [4.78, 5) is 13.1. The first-order valence-corrected chi connectivity index (χ1v) is 11.8. The fourth-order valence-electron chi connectivity index (χ4n) is 2.98. The molecule has 3 rings (SSSR count). The molecule has 2 heterocycles. The van der Waals surface area contributed by atoms with Crippen molar-refractivity contribution >= 4 is 44.7 Å². The van der Waals surface area contributed by atoms with Crippen molar-refractivity contribution < 1.29 is 22.3 Å². The molecule has 0 aliphatic heterocycles. The molecule has 0 aliphatic rings. The number of pyridine rings is 1. The van der Waals surface area contributed by atoms with Gasteiger partial charge in [-0.3, -0.25) is 4.79 Å². The molecule has 9 heteroatoms. The third-order valence-corrected chi connectivity index (χ3v) is 7.01. The molecule has 3 aromatic rings. The summed E-state index contributed by atoms with van der Waals surface area (Å²) in [6.07, 6.45) is 2.47. The predicted molar refractivity (Wildman–Crippen MR) is 111 cm³/mol. The van der Waals surface area contributed by atoms with Crippen LogP contribution in [0, 0.1) is 12.7 Å². The predicted octanol–water partition coefficient (Wildman–Crippen LogP) is 4.70. The van der Waals surface area contributed by atoms with Crippen molar-refractivity contribution in [1.29, 1.82) is 0 Å². The van der Waals surface area contributed by atoms with Crippen LogP contribution >= 0.6 is 23.4 Å². The molecule has 2 aromatic heterocycles. The third kappa shape index (κ3) is 4.60. The third-order valence-electron chi connectivity index (χ3n) is 4.39. The molecule has 5 nitrogen and oxygen atoms in total. The maximum Gasteiger partial charge on any atom is 0.310 e. The lowest BCUT2D eigenvalue weighted by molar-refractivity contribution is -0.142. The van der Waals surface area contributed by atoms with Crippen LogP contribution in [-0.4, -0.2) is 31.7 Å². The van der Waals surface area contributed by atoms with Gasteiger partial charge in [0.25, 0.3) is 0 Å². The molecule has 0 radical (unpaired) electrons. The van der Waals surface area contributed by atoms with Gasteiger partial charge in [0.2, 0.25) is 0 Å². The second kappa shape index (κ2) is 8.38. The average Bonchev–Trinajstić information content (AvgIpc) is 2.87. The van der Waals surface area contributed by atoms with E-state index in [0.29, 0.717) is 16.1 Å². The molecule has 1 aromatic carbocycles. The molecule has 0 aliphatic carbocycles. The number of nitrogens with zero attached hydrogens (tertiary/aromatic N) is 1. The Balaban J connectivity index is 2.08. The molecule has 0 saturated carbocycles. The maximum atomic E-state index is 14.2. The summed E-state index contributed by atoms with van der Waals surface area (Å²) in [7, 11) is -3.29. The van der Waals surface area contributed by atoms with Crippen molar-refractivity contribution in [3.05, 3.63) is 58.5 Å². The zero-order chi connectivity index (χ0) is 21.3. The summed E-state index contributed by atoms with van der Waals surface area (Å²) in [5, 5.41) is 0.677. The monoisotopic (exact) mass is 455 g/mol. The number of benzene rings is 1. The van der Waals surface area contributed by atoms with E-state index < -0.39 is 15.7 Å². The van der Waals surface area contributed by atoms with Gasteiger partial charge in [0, 0.05) is 17.3 Å². The Hall–Kier alpha value is -2.03. The highest BCUT2D eigenvalue weighted by Crippen LogP contribution is 2.37. The molecule has 0 fully saturated rings. The van der Waals surface area contributed by atoms with Crippen LogP contribution in [-0.2, 0) is 25.8 Å². The molecule has 0 amide bonds. The van der Waals surface area contributed by atoms with Gasteiger partial charge < -0.3 is 9.14 Å². The summed E-state index contributed by atoms with van der Waals surface area (Å²) in [5.41, 5.74) is 2.13. The zero-order valence-electron chi connectivity index (χ0n) is 16.0. The smallest absolute Gasteiger partial charge is 0.310 e. The largest absolute Gasteiger partial charge is 0.466 e. The minimum absolute atomic E-state index is 0.0332. The number of esters is 1. The van der Waals surface area contributed by atoms with E-state index in [4.69, 9.17) is 16.3 Å². The Morgan fingerprint density at radius 1 is 1.28 bits per heavy atom. The Kier molecular flexibility index (Phi) is 6.26. The molecule has 0 saturated heterocycles. The van der Waals surface area contributed by atoms with Gasteiger partial charge in [0.1, 0.15) is 0 Å². The highest BCUT2D eigenvalue weighted by molar-refractivity contribution is 7.99. The first kappa shape index (κ1) is 21.7. The maximum absolute atomic E-state index is 14.2. The van der Waals surface area contributed by atoms with Gasteiger partial charge in [0.15, 0.2) is 15.7 Å². The van der Waals surface area contributed by atoms with Crippen LogP contribution in [0.4, 0.5) is 4.39 Å². The summed E-state index contributed by atoms with van der Waals surface area (Å²) < 4.78 is 44.2. The first-order chi connectivity index (χ1) is 13.6. The standard InChI is InChI=1S/C20H19ClFNO4S2/c1-4-27-19(24)9-15-12(2)20(23-11-17(22)16(21)10-18(15)23)28-13-5-7-14(8-6-13)29(3,25)26/h5-8,10-11H,4,9H2,1-3H3. The molecule has 0 unspecified atom stereocenters. The van der Waals surface area contributed by atoms with E-state index in [0.717, 1.165) is 16.7 Å². The van der Waals surface area contributed by atoms with E-state index in [-0.39, 0.29) is 28.9 Å². The SMILES string of the molecule is CCOC(=O)Cc1c(C)c(Sc2ccc(S(C)(=O)=O)cc2)n2cc(F)c(Cl)cc12. The van der Waals surface area contributed by atoms with Crippen molar-refractivity contribution in [2.75, 3.05) is 12.9 Å². The molecule has 0 atom stereocenters. The number of carbonyl (C=O) groups excluding carboxylic acids is 1. The van der Waals surface area contributed by atoms with E-state index in [1.807, 2.05) is 6.92 Å². The number of sulfone groups is 1. The minimum atomic E-state index is -3.29. The van der Waals surface area contributed by atoms with Gasteiger partial charge in [0.05, 0.1) is 33.5 Å². The minimum Gasteiger partial charge on any atom is -0.466 e. The fraction of sp³-hybridized carbons (Fsp3) is 0.250. The van der Waals surface area contributed by atoms with E-state index in [2.05, 4.69) is 0 Å². The van der Waals surface area contributed by atoms with Crippen LogP contribution in [0.5, 0.6) is 0 Å². The number of hydrogen-bond acceptors (Lipinski definition) is 5. The Labute approximate surface area is 177 Å². The number of ether oxygens (including phenoxy) is 1. The van der Waals surface area contributed by atoms with Crippen molar-refractivity contribution in [2.24, 2.45) is 0 Å². The van der Waals surface area contributed by atoms with Crippen LogP contribution in [0.3, 0.4) is 0 Å². The van der Waals surface area contributed by atoms with Crippen molar-refractivity contribution in [1.82, 2.24) is 4.40 Å². The summed E-state index contributed by atoms with van der Waals surface area (Å²) >= 11 is 7.32. The number of halogens is 2. The molecule has 29 heavy (non-hydrogen) atoms. The normalized spacial score (nSPS) is 11.8. The van der Waals surface area contributed by atoms with Crippen LogP contribution in [0.2, 0.25) is 5.02 Å². The first-order valence-electron chi connectivity index (χ1n) is 8.74. The van der Waals surface area contributed by atoms with E-state index in [1.165, 1.54) is 36.2 Å². The van der Waals surface area contributed by atoms with Crippen LogP contribution in [0.15, 0.2) is 51.3 Å². The lowest BCUT2D eigenvalue weighted by Crippen LogP contribution is -2.08. The average molecular weight is 456 g/mol. The van der Waals surface area contributed by atoms with E-state index >= 15 is 0 Å². The van der Waals surface area contributed by atoms with Crippen molar-refractivity contribution in [2.45, 2.75) is 35.1 Å². The number of aromatic nitrogens is 1. The lowest BCUT2D eigenvalue weighted by Gasteiger charge is -2.06. The number of carbonyl (C=O) groups is 1. The summed E-state index contributed by atoms with van der Waals surface area (Å²) in [6, 6.07) is 7.93. The van der Waals surface area contributed by atoms with Crippen LogP contribution in [0.1, 0.15) is 18.1 Å². The number of hydrogen-bond donors (Lipinski definition) is 0. The molecule has 154 valence electrons. The molecule has 0 N–H and O–H groups in total. The van der Waals surface area contributed by atoms with Gasteiger partial charge in [-0.25, -0.2) is 12.8 Å². The van der Waals surface area contributed by atoms with Crippen LogP contribution in [0.25, 0.3) is 5.52 Å². The Morgan fingerprint density at radius 3 is 2.52 bits per heavy atom. The molecule has 0 spiro atoms. The van der Waals surface area contributed by atoms with Gasteiger partial charge in [-0.05, 0) is 55.3 Å². The van der Waals surface area contributed by atoms with Gasteiger partial charge in [-0.15, -0.1) is 0 Å². The highest BCUT2D eigenvalue weighted by atomic mass is 35.5. The molecular weight excluding hydrogens is 437 g/mol. The quantitative estimate of drug-likeness (QED) is 0.504. The topological polar surface area (TPSA) is 64.9 Å². The van der Waals surface area contributed by atoms with Gasteiger partial charge in [-0.1, -0.05) is 23.4 Å². The van der Waals surface area contributed by atoms with Crippen molar-refractivity contribution in [3.8, 4) is 0 Å². The second-order valence-electron chi connectivity index (χ2n) is 6.46. The van der Waals surface area contributed by atoms with Crippen LogP contribution < -0.4 is 0 Å². The van der Waals surface area contributed by atoms with Gasteiger partial charge >= 0.3 is 5.97 Å². The number of rotatable bonds is 6. The summed E-state index contributed by atoms with van der Waals surface area (Å²) in [6.45, 7) is 3.85. The highest BCUT2D eigenvalue weighted by Gasteiger charge is 2.21. The fourth-order valence-corrected chi connectivity index (χ4v) is 4.78. The Bertz CT molecular complexity index is 1190. The lowest BCUT2D eigenvalue weighted by atomic mass is 10.1. The molecule has 0 bridgehead atoms.